The number of carbonyl (C=O) groups excluding carboxylic acids is 2. The minimum absolute atomic E-state index is 0.0299. The van der Waals surface area contributed by atoms with Crippen LogP contribution in [0.4, 0.5) is 0 Å². The van der Waals surface area contributed by atoms with Crippen molar-refractivity contribution in [1.82, 2.24) is 10.3 Å². The van der Waals surface area contributed by atoms with Crippen molar-refractivity contribution in [3.8, 4) is 17.4 Å². The van der Waals surface area contributed by atoms with Crippen LogP contribution in [0.1, 0.15) is 48.2 Å². The lowest BCUT2D eigenvalue weighted by molar-refractivity contribution is -0.121. The highest BCUT2D eigenvalue weighted by Gasteiger charge is 2.10. The quantitative estimate of drug-likeness (QED) is 0.426. The molecule has 0 aliphatic carbocycles. The van der Waals surface area contributed by atoms with Crippen molar-refractivity contribution >= 4 is 11.7 Å². The second-order valence-electron chi connectivity index (χ2n) is 7.26. The number of nitrogens with zero attached hydrogens (tertiary/aromatic N) is 1. The van der Waals surface area contributed by atoms with E-state index in [2.05, 4.69) is 17.2 Å². The number of carbonyl (C=O) groups is 2. The maximum Gasteiger partial charge on any atom is 0.220 e. The van der Waals surface area contributed by atoms with Crippen LogP contribution in [0, 0.1) is 0 Å². The van der Waals surface area contributed by atoms with Crippen molar-refractivity contribution in [1.29, 1.82) is 0 Å². The first-order chi connectivity index (χ1) is 15.6. The van der Waals surface area contributed by atoms with E-state index in [9.17, 15) is 9.59 Å². The maximum atomic E-state index is 12.3. The lowest BCUT2D eigenvalue weighted by Crippen LogP contribution is -2.23. The smallest absolute Gasteiger partial charge is 0.220 e. The predicted octanol–water partition coefficient (Wildman–Crippen LogP) is 5.11. The Morgan fingerprint density at radius 2 is 1.59 bits per heavy atom. The average molecular weight is 433 g/mol. The Bertz CT molecular complexity index is 1030. The summed E-state index contributed by atoms with van der Waals surface area (Å²) in [6.07, 6.45) is 2.89. The molecular formula is C26H28N2O4. The van der Waals surface area contributed by atoms with Gasteiger partial charge in [0, 0.05) is 37.2 Å². The fourth-order valence-electron chi connectivity index (χ4n) is 3.09. The second-order valence-corrected chi connectivity index (χ2v) is 7.26. The van der Waals surface area contributed by atoms with Crippen LogP contribution in [0.5, 0.6) is 17.4 Å². The number of hydrogen-bond donors (Lipinski definition) is 1. The summed E-state index contributed by atoms with van der Waals surface area (Å²) >= 11 is 0. The number of ketones is 1. The summed E-state index contributed by atoms with van der Waals surface area (Å²) in [5.74, 6) is 1.66. The van der Waals surface area contributed by atoms with Crippen LogP contribution in [0.2, 0.25) is 0 Å². The van der Waals surface area contributed by atoms with Crippen LogP contribution in [0.3, 0.4) is 0 Å². The van der Waals surface area contributed by atoms with E-state index in [4.69, 9.17) is 9.47 Å². The fourth-order valence-corrected chi connectivity index (χ4v) is 3.09. The molecule has 166 valence electrons. The number of rotatable bonds is 11. The summed E-state index contributed by atoms with van der Waals surface area (Å²) in [6.45, 7) is 4.94. The Balaban J connectivity index is 1.46. The second kappa shape index (κ2) is 11.6. The first-order valence-electron chi connectivity index (χ1n) is 10.8. The number of Topliss-reactive ketones (excluding diaryl/α,β-unsaturated/α-hetero) is 1. The van der Waals surface area contributed by atoms with Gasteiger partial charge in [-0.25, -0.2) is 4.98 Å². The summed E-state index contributed by atoms with van der Waals surface area (Å²) < 4.78 is 11.2. The van der Waals surface area contributed by atoms with Gasteiger partial charge >= 0.3 is 0 Å². The molecule has 0 spiro atoms. The lowest BCUT2D eigenvalue weighted by Gasteiger charge is -2.09. The van der Waals surface area contributed by atoms with Crippen molar-refractivity contribution in [2.24, 2.45) is 0 Å². The summed E-state index contributed by atoms with van der Waals surface area (Å²) in [4.78, 5) is 28.7. The van der Waals surface area contributed by atoms with Gasteiger partial charge in [0.2, 0.25) is 11.8 Å². The van der Waals surface area contributed by atoms with Crippen LogP contribution in [-0.4, -0.2) is 23.3 Å². The molecule has 1 amide bonds. The van der Waals surface area contributed by atoms with E-state index in [0.29, 0.717) is 30.3 Å². The SMILES string of the molecule is CCOc1ccc(Oc2cc(CNC(=O)CCC(=O)c3ccc(CC)cc3)ccn2)cc1. The molecule has 0 bridgehead atoms. The Hall–Kier alpha value is -3.67. The molecule has 1 N–H and O–H groups in total. The first kappa shape index (κ1) is 23.0. The van der Waals surface area contributed by atoms with Gasteiger partial charge in [-0.15, -0.1) is 0 Å². The monoisotopic (exact) mass is 432 g/mol. The van der Waals surface area contributed by atoms with Crippen molar-refractivity contribution in [3.63, 3.8) is 0 Å². The van der Waals surface area contributed by atoms with E-state index in [1.165, 1.54) is 5.56 Å². The number of aromatic nitrogens is 1. The molecule has 0 unspecified atom stereocenters. The van der Waals surface area contributed by atoms with Crippen molar-refractivity contribution in [2.75, 3.05) is 6.61 Å². The van der Waals surface area contributed by atoms with Gasteiger partial charge in [0.15, 0.2) is 5.78 Å². The number of pyridine rings is 1. The molecule has 3 rings (SSSR count). The Kier molecular flexibility index (Phi) is 8.37. The topological polar surface area (TPSA) is 77.5 Å². The zero-order chi connectivity index (χ0) is 22.8. The largest absolute Gasteiger partial charge is 0.494 e. The van der Waals surface area contributed by atoms with E-state index in [-0.39, 0.29) is 24.5 Å². The van der Waals surface area contributed by atoms with Gasteiger partial charge in [0.05, 0.1) is 6.61 Å². The van der Waals surface area contributed by atoms with E-state index in [0.717, 1.165) is 17.7 Å². The van der Waals surface area contributed by atoms with Crippen molar-refractivity contribution in [2.45, 2.75) is 39.7 Å². The van der Waals surface area contributed by atoms with Gasteiger partial charge in [-0.1, -0.05) is 31.2 Å². The summed E-state index contributed by atoms with van der Waals surface area (Å²) in [6, 6.07) is 18.4. The van der Waals surface area contributed by atoms with Crippen molar-refractivity contribution in [3.05, 3.63) is 83.6 Å². The van der Waals surface area contributed by atoms with E-state index >= 15 is 0 Å². The van der Waals surface area contributed by atoms with Crippen LogP contribution in [0.25, 0.3) is 0 Å². The minimum atomic E-state index is -0.172. The number of nitrogens with one attached hydrogen (secondary N) is 1. The zero-order valence-corrected chi connectivity index (χ0v) is 18.5. The molecule has 0 fully saturated rings. The van der Waals surface area contributed by atoms with Gasteiger partial charge in [0.1, 0.15) is 11.5 Å². The maximum absolute atomic E-state index is 12.3. The molecule has 32 heavy (non-hydrogen) atoms. The highest BCUT2D eigenvalue weighted by molar-refractivity contribution is 5.97. The van der Waals surface area contributed by atoms with Crippen molar-refractivity contribution < 1.29 is 19.1 Å². The molecule has 2 aromatic carbocycles. The summed E-state index contributed by atoms with van der Waals surface area (Å²) in [5.41, 5.74) is 2.68. The average Bonchev–Trinajstić information content (AvgIpc) is 2.83. The summed E-state index contributed by atoms with van der Waals surface area (Å²) in [7, 11) is 0. The van der Waals surface area contributed by atoms with Crippen LogP contribution < -0.4 is 14.8 Å². The third-order valence-corrected chi connectivity index (χ3v) is 4.91. The van der Waals surface area contributed by atoms with Gasteiger partial charge in [-0.3, -0.25) is 9.59 Å². The molecule has 6 heteroatoms. The van der Waals surface area contributed by atoms with Gasteiger partial charge < -0.3 is 14.8 Å². The Morgan fingerprint density at radius 1 is 0.875 bits per heavy atom. The third-order valence-electron chi connectivity index (χ3n) is 4.91. The molecule has 0 saturated heterocycles. The zero-order valence-electron chi connectivity index (χ0n) is 18.5. The lowest BCUT2D eigenvalue weighted by atomic mass is 10.0. The van der Waals surface area contributed by atoms with E-state index < -0.39 is 0 Å². The molecule has 1 heterocycles. The molecular weight excluding hydrogens is 404 g/mol. The van der Waals surface area contributed by atoms with Crippen LogP contribution in [0.15, 0.2) is 66.9 Å². The molecule has 3 aromatic rings. The minimum Gasteiger partial charge on any atom is -0.494 e. The third kappa shape index (κ3) is 6.94. The van der Waals surface area contributed by atoms with Gasteiger partial charge in [-0.05, 0) is 54.8 Å². The number of amides is 1. The first-order valence-corrected chi connectivity index (χ1v) is 10.8. The Morgan fingerprint density at radius 3 is 2.28 bits per heavy atom. The van der Waals surface area contributed by atoms with Gasteiger partial charge in [0.25, 0.3) is 0 Å². The molecule has 0 aliphatic heterocycles. The predicted molar refractivity (Wildman–Crippen MR) is 123 cm³/mol. The van der Waals surface area contributed by atoms with Gasteiger partial charge in [-0.2, -0.15) is 0 Å². The molecule has 6 nitrogen and oxygen atoms in total. The van der Waals surface area contributed by atoms with E-state index in [1.807, 2.05) is 61.5 Å². The summed E-state index contributed by atoms with van der Waals surface area (Å²) in [5, 5.41) is 2.85. The standard InChI is InChI=1S/C26H28N2O4/c1-3-19-5-7-21(8-6-19)24(29)13-14-25(30)28-18-20-15-16-27-26(17-20)32-23-11-9-22(10-12-23)31-4-2/h5-12,15-17H,3-4,13-14,18H2,1-2H3,(H,28,30). The molecule has 0 radical (unpaired) electrons. The van der Waals surface area contributed by atoms with Crippen LogP contribution >= 0.6 is 0 Å². The highest BCUT2D eigenvalue weighted by Crippen LogP contribution is 2.23. The molecule has 1 aromatic heterocycles. The molecule has 0 atom stereocenters. The van der Waals surface area contributed by atoms with Crippen LogP contribution in [-0.2, 0) is 17.8 Å². The number of ether oxygens (including phenoxy) is 2. The van der Waals surface area contributed by atoms with E-state index in [1.54, 1.807) is 12.3 Å². The molecule has 0 aliphatic rings. The Labute approximate surface area is 188 Å². The number of aryl methyl sites for hydroxylation is 1. The number of benzene rings is 2. The normalized spacial score (nSPS) is 10.4. The molecule has 0 saturated carbocycles. The highest BCUT2D eigenvalue weighted by atomic mass is 16.5. The number of hydrogen-bond acceptors (Lipinski definition) is 5. The fraction of sp³-hybridized carbons (Fsp3) is 0.269.